The van der Waals surface area contributed by atoms with Gasteiger partial charge in [0, 0.05) is 12.7 Å². The van der Waals surface area contributed by atoms with Crippen LogP contribution in [0.15, 0.2) is 66.7 Å². The van der Waals surface area contributed by atoms with Crippen molar-refractivity contribution >= 4 is 17.9 Å². The first-order valence-electron chi connectivity index (χ1n) is 16.6. The van der Waals surface area contributed by atoms with Gasteiger partial charge in [0.1, 0.15) is 23.9 Å². The van der Waals surface area contributed by atoms with Crippen molar-refractivity contribution in [2.45, 2.75) is 84.7 Å². The van der Waals surface area contributed by atoms with Crippen molar-refractivity contribution in [3.8, 4) is 22.6 Å². The van der Waals surface area contributed by atoms with E-state index in [4.69, 9.17) is 23.7 Å². The van der Waals surface area contributed by atoms with E-state index in [2.05, 4.69) is 6.92 Å². The molecule has 3 aromatic carbocycles. The van der Waals surface area contributed by atoms with Crippen LogP contribution in [-0.4, -0.2) is 50.4 Å². The van der Waals surface area contributed by atoms with Gasteiger partial charge in [0.05, 0.1) is 24.3 Å². The molecule has 254 valence electrons. The van der Waals surface area contributed by atoms with Crippen LogP contribution >= 0.6 is 0 Å². The van der Waals surface area contributed by atoms with Crippen LogP contribution in [0.3, 0.4) is 0 Å². The second-order valence-electron chi connectivity index (χ2n) is 11.3. The summed E-state index contributed by atoms with van der Waals surface area (Å²) in [5, 5.41) is 0. The average Bonchev–Trinajstić information content (AvgIpc) is 3.07. The summed E-state index contributed by atoms with van der Waals surface area (Å²) >= 11 is 0. The number of halogens is 1. The van der Waals surface area contributed by atoms with Gasteiger partial charge in [-0.1, -0.05) is 83.1 Å². The predicted molar refractivity (Wildman–Crippen MR) is 178 cm³/mol. The van der Waals surface area contributed by atoms with Gasteiger partial charge in [-0.15, -0.1) is 0 Å². The van der Waals surface area contributed by atoms with Gasteiger partial charge in [0.2, 0.25) is 0 Å². The number of hydrogen-bond donors (Lipinski definition) is 0. The van der Waals surface area contributed by atoms with Gasteiger partial charge in [-0.2, -0.15) is 0 Å². The summed E-state index contributed by atoms with van der Waals surface area (Å²) in [4.78, 5) is 37.2. The Morgan fingerprint density at radius 2 is 1.28 bits per heavy atom. The second kappa shape index (κ2) is 20.8. The van der Waals surface area contributed by atoms with E-state index >= 15 is 0 Å². The van der Waals surface area contributed by atoms with Crippen molar-refractivity contribution in [2.75, 3.05) is 26.4 Å². The Kier molecular flexibility index (Phi) is 16.5. The molecule has 3 aromatic rings. The fourth-order valence-electron chi connectivity index (χ4n) is 4.62. The largest absolute Gasteiger partial charge is 0.494 e. The number of ether oxygens (including phenoxy) is 5. The Morgan fingerprint density at radius 3 is 1.94 bits per heavy atom. The standard InChI is InChI=1S/C38H47FO8/c1-4-6-8-9-10-11-12-24-44-32-19-17-30(18-20-32)29-13-15-31(16-14-29)37(41)47-33-21-22-34(35(39)27-33)38(42)46-28(3)36(40)45-26-25-43-23-7-5-2/h13-22,27-28H,4-12,23-26H2,1-3H3/t28-/m0/s1. The topological polar surface area (TPSA) is 97.4 Å². The minimum absolute atomic E-state index is 0.0174. The normalized spacial score (nSPS) is 11.5. The zero-order chi connectivity index (χ0) is 33.9. The molecule has 3 rings (SSSR count). The molecule has 0 saturated heterocycles. The van der Waals surface area contributed by atoms with Gasteiger partial charge in [-0.25, -0.2) is 18.8 Å². The van der Waals surface area contributed by atoms with E-state index in [1.54, 1.807) is 24.3 Å². The lowest BCUT2D eigenvalue weighted by Gasteiger charge is -2.13. The number of carbonyl (C=O) groups excluding carboxylic acids is 3. The molecule has 0 aliphatic heterocycles. The molecule has 47 heavy (non-hydrogen) atoms. The molecular formula is C38H47FO8. The first-order chi connectivity index (χ1) is 22.8. The van der Waals surface area contributed by atoms with Gasteiger partial charge in [0.25, 0.3) is 0 Å². The lowest BCUT2D eigenvalue weighted by molar-refractivity contribution is -0.154. The summed E-state index contributed by atoms with van der Waals surface area (Å²) in [5.74, 6) is -2.73. The Balaban J connectivity index is 1.44. The summed E-state index contributed by atoms with van der Waals surface area (Å²) in [7, 11) is 0. The molecule has 0 heterocycles. The number of benzene rings is 3. The van der Waals surface area contributed by atoms with Crippen molar-refractivity contribution in [3.63, 3.8) is 0 Å². The van der Waals surface area contributed by atoms with Gasteiger partial charge in [-0.3, -0.25) is 0 Å². The molecule has 0 bridgehead atoms. The quantitative estimate of drug-likeness (QED) is 0.0641. The molecule has 0 saturated carbocycles. The van der Waals surface area contributed by atoms with Crippen molar-refractivity contribution in [2.24, 2.45) is 0 Å². The molecule has 0 unspecified atom stereocenters. The molecule has 0 aliphatic carbocycles. The van der Waals surface area contributed by atoms with Crippen LogP contribution in [0, 0.1) is 5.82 Å². The highest BCUT2D eigenvalue weighted by Crippen LogP contribution is 2.24. The lowest BCUT2D eigenvalue weighted by atomic mass is 10.0. The van der Waals surface area contributed by atoms with E-state index in [1.807, 2.05) is 31.2 Å². The average molecular weight is 651 g/mol. The third kappa shape index (κ3) is 13.2. The minimum Gasteiger partial charge on any atom is -0.494 e. The van der Waals surface area contributed by atoms with Gasteiger partial charge in [-0.05, 0) is 67.3 Å². The van der Waals surface area contributed by atoms with Crippen molar-refractivity contribution in [1.82, 2.24) is 0 Å². The number of esters is 3. The molecule has 0 N–H and O–H groups in total. The van der Waals surface area contributed by atoms with Crippen LogP contribution in [0.4, 0.5) is 4.39 Å². The van der Waals surface area contributed by atoms with E-state index in [0.29, 0.717) is 13.2 Å². The van der Waals surface area contributed by atoms with Crippen LogP contribution in [0.5, 0.6) is 11.5 Å². The number of unbranched alkanes of at least 4 members (excludes halogenated alkanes) is 7. The highest BCUT2D eigenvalue weighted by atomic mass is 19.1. The number of hydrogen-bond acceptors (Lipinski definition) is 8. The monoisotopic (exact) mass is 650 g/mol. The van der Waals surface area contributed by atoms with E-state index in [9.17, 15) is 18.8 Å². The van der Waals surface area contributed by atoms with E-state index in [0.717, 1.165) is 48.3 Å². The van der Waals surface area contributed by atoms with Crippen LogP contribution < -0.4 is 9.47 Å². The Morgan fingerprint density at radius 1 is 0.660 bits per heavy atom. The van der Waals surface area contributed by atoms with Gasteiger partial charge < -0.3 is 23.7 Å². The van der Waals surface area contributed by atoms with E-state index < -0.39 is 35.4 Å². The summed E-state index contributed by atoms with van der Waals surface area (Å²) in [6.07, 6.45) is 9.31. The third-order valence-corrected chi connectivity index (χ3v) is 7.43. The highest BCUT2D eigenvalue weighted by Gasteiger charge is 2.23. The van der Waals surface area contributed by atoms with E-state index in [-0.39, 0.29) is 24.5 Å². The SMILES string of the molecule is CCCCCCCCCOc1ccc(-c2ccc(C(=O)Oc3ccc(C(=O)O[C@@H](C)C(=O)OCCOCCCC)c(F)c3)cc2)cc1. The summed E-state index contributed by atoms with van der Waals surface area (Å²) < 4.78 is 41.3. The minimum atomic E-state index is -1.25. The van der Waals surface area contributed by atoms with E-state index in [1.165, 1.54) is 51.5 Å². The van der Waals surface area contributed by atoms with Crippen molar-refractivity contribution in [3.05, 3.63) is 83.7 Å². The first-order valence-corrected chi connectivity index (χ1v) is 16.6. The summed E-state index contributed by atoms with van der Waals surface area (Å²) in [6, 6.07) is 18.0. The molecule has 0 radical (unpaired) electrons. The smallest absolute Gasteiger partial charge is 0.347 e. The maximum absolute atomic E-state index is 14.7. The zero-order valence-corrected chi connectivity index (χ0v) is 27.8. The number of rotatable bonds is 21. The molecule has 1 atom stereocenters. The molecule has 0 fully saturated rings. The molecular weight excluding hydrogens is 603 g/mol. The maximum atomic E-state index is 14.7. The van der Waals surface area contributed by atoms with Crippen LogP contribution in [0.1, 0.15) is 99.3 Å². The van der Waals surface area contributed by atoms with Crippen LogP contribution in [0.2, 0.25) is 0 Å². The van der Waals surface area contributed by atoms with Gasteiger partial charge in [0.15, 0.2) is 6.10 Å². The molecule has 8 nitrogen and oxygen atoms in total. The molecule has 0 amide bonds. The highest BCUT2D eigenvalue weighted by molar-refractivity contribution is 5.93. The number of carbonyl (C=O) groups is 3. The predicted octanol–water partition coefficient (Wildman–Crippen LogP) is 8.75. The molecule has 0 spiro atoms. The Labute approximate surface area is 277 Å². The van der Waals surface area contributed by atoms with Crippen LogP contribution in [0.25, 0.3) is 11.1 Å². The Bertz CT molecular complexity index is 1390. The van der Waals surface area contributed by atoms with Crippen molar-refractivity contribution < 1.29 is 42.5 Å². The summed E-state index contributed by atoms with van der Waals surface area (Å²) in [6.45, 7) is 7.11. The second-order valence-corrected chi connectivity index (χ2v) is 11.3. The molecule has 0 aliphatic rings. The van der Waals surface area contributed by atoms with Gasteiger partial charge >= 0.3 is 17.9 Å². The molecule has 9 heteroatoms. The van der Waals surface area contributed by atoms with Crippen molar-refractivity contribution in [1.29, 1.82) is 0 Å². The lowest BCUT2D eigenvalue weighted by Crippen LogP contribution is -2.27. The third-order valence-electron chi connectivity index (χ3n) is 7.43. The maximum Gasteiger partial charge on any atom is 0.347 e. The Hall–Kier alpha value is -4.24. The fourth-order valence-corrected chi connectivity index (χ4v) is 4.62. The first kappa shape index (κ1) is 37.2. The summed E-state index contributed by atoms with van der Waals surface area (Å²) in [5.41, 5.74) is 1.74. The van der Waals surface area contributed by atoms with Crippen LogP contribution in [-0.2, 0) is 19.0 Å². The molecule has 0 aromatic heterocycles. The fraction of sp³-hybridized carbons (Fsp3) is 0.447. The zero-order valence-electron chi connectivity index (χ0n) is 27.8.